The highest BCUT2D eigenvalue weighted by atomic mass is 16.5. The first-order chi connectivity index (χ1) is 15.6. The van der Waals surface area contributed by atoms with E-state index in [1.165, 1.54) is 25.1 Å². The zero-order valence-corrected chi connectivity index (χ0v) is 18.2. The van der Waals surface area contributed by atoms with E-state index in [-0.39, 0.29) is 58.6 Å². The van der Waals surface area contributed by atoms with E-state index in [4.69, 9.17) is 0 Å². The Balaban J connectivity index is 2.07. The predicted molar refractivity (Wildman–Crippen MR) is 115 cm³/mol. The first-order valence-electron chi connectivity index (χ1n) is 10.3. The summed E-state index contributed by atoms with van der Waals surface area (Å²) in [6.45, 7) is 1.29. The molecule has 0 saturated heterocycles. The van der Waals surface area contributed by atoms with E-state index in [0.29, 0.717) is 5.56 Å². The molecule has 0 heterocycles. The largest absolute Gasteiger partial charge is 0.507 e. The van der Waals surface area contributed by atoms with Gasteiger partial charge in [-0.25, -0.2) is 0 Å². The van der Waals surface area contributed by atoms with Crippen LogP contribution in [0.4, 0.5) is 0 Å². The highest BCUT2D eigenvalue weighted by molar-refractivity contribution is 6.29. The molecule has 2 aromatic rings. The minimum absolute atomic E-state index is 0.0191. The lowest BCUT2D eigenvalue weighted by Crippen LogP contribution is -2.23. The molecule has 1 N–H and O–H groups in total. The molecule has 0 bridgehead atoms. The third-order valence-corrected chi connectivity index (χ3v) is 5.45. The van der Waals surface area contributed by atoms with Gasteiger partial charge in [-0.2, -0.15) is 0 Å². The number of Topliss-reactive ketones (excluding diaryl/α,β-unsaturated/α-hetero) is 3. The maximum absolute atomic E-state index is 13.1. The second-order valence-electron chi connectivity index (χ2n) is 7.88. The molecule has 0 fully saturated rings. The highest BCUT2D eigenvalue weighted by Crippen LogP contribution is 2.37. The molecule has 0 atom stereocenters. The van der Waals surface area contributed by atoms with E-state index in [9.17, 15) is 33.9 Å². The Bertz CT molecular complexity index is 1210. The number of aryl methyl sites for hydroxylation is 1. The van der Waals surface area contributed by atoms with Crippen LogP contribution in [0.3, 0.4) is 0 Å². The van der Waals surface area contributed by atoms with Crippen molar-refractivity contribution < 1.29 is 38.6 Å². The first-order valence-corrected chi connectivity index (χ1v) is 10.3. The average Bonchev–Trinajstić information content (AvgIpc) is 2.77. The Labute approximate surface area is 189 Å². The quantitative estimate of drug-likeness (QED) is 0.388. The molecule has 0 unspecified atom stereocenters. The zero-order chi connectivity index (χ0) is 24.3. The van der Waals surface area contributed by atoms with Crippen molar-refractivity contribution in [2.45, 2.75) is 39.0 Å². The van der Waals surface area contributed by atoms with Crippen LogP contribution in [0.2, 0.25) is 0 Å². The van der Waals surface area contributed by atoms with E-state index < -0.39 is 41.9 Å². The lowest BCUT2D eigenvalue weighted by atomic mass is 9.80. The summed E-state index contributed by atoms with van der Waals surface area (Å²) in [6, 6.07) is 7.62. The monoisotopic (exact) mass is 450 g/mol. The number of ether oxygens (including phenoxy) is 1. The van der Waals surface area contributed by atoms with Gasteiger partial charge >= 0.3 is 5.97 Å². The molecular weight excluding hydrogens is 428 g/mol. The second-order valence-corrected chi connectivity index (χ2v) is 7.88. The van der Waals surface area contributed by atoms with Gasteiger partial charge in [0.2, 0.25) is 0 Å². The SMILES string of the molecule is COC(=O)CC(=O)Cc1c(CCC(=O)CC(C)=O)cc2c(c1O)C(=O)c1ccccc1C2=O. The molecule has 3 rings (SSSR count). The Hall–Kier alpha value is -3.94. The molecule has 1 aliphatic rings. The van der Waals surface area contributed by atoms with Gasteiger partial charge in [0.05, 0.1) is 19.1 Å². The normalized spacial score (nSPS) is 12.1. The standard InChI is InChI=1S/C25H22O8/c1-13(26)9-15(27)8-7-14-10-20-22(24(31)18-6-4-3-5-17(18)23(20)30)25(32)19(14)11-16(28)12-21(29)33-2/h3-6,10,32H,7-9,11-12H2,1-2H3. The fourth-order valence-corrected chi connectivity index (χ4v) is 3.89. The molecule has 0 radical (unpaired) electrons. The molecule has 8 nitrogen and oxygen atoms in total. The van der Waals surface area contributed by atoms with Gasteiger partial charge in [0, 0.05) is 35.1 Å². The Morgan fingerprint density at radius 3 is 2.15 bits per heavy atom. The number of esters is 1. The molecule has 0 aromatic heterocycles. The van der Waals surface area contributed by atoms with Crippen LogP contribution in [-0.2, 0) is 36.8 Å². The van der Waals surface area contributed by atoms with Gasteiger partial charge in [-0.15, -0.1) is 0 Å². The van der Waals surface area contributed by atoms with E-state index >= 15 is 0 Å². The third-order valence-electron chi connectivity index (χ3n) is 5.45. The van der Waals surface area contributed by atoms with Gasteiger partial charge in [0.15, 0.2) is 11.6 Å². The number of benzene rings is 2. The number of carbonyl (C=O) groups is 6. The van der Waals surface area contributed by atoms with Gasteiger partial charge in [0.1, 0.15) is 29.5 Å². The van der Waals surface area contributed by atoms with Crippen LogP contribution in [0.5, 0.6) is 5.75 Å². The smallest absolute Gasteiger partial charge is 0.313 e. The summed E-state index contributed by atoms with van der Waals surface area (Å²) in [5.41, 5.74) is 0.498. The predicted octanol–water partition coefficient (Wildman–Crippen LogP) is 2.32. The number of ketones is 5. The number of aromatic hydroxyl groups is 1. The molecule has 1 aliphatic carbocycles. The van der Waals surface area contributed by atoms with Crippen LogP contribution < -0.4 is 0 Å². The van der Waals surface area contributed by atoms with E-state index in [2.05, 4.69) is 4.74 Å². The van der Waals surface area contributed by atoms with Gasteiger partial charge in [-0.05, 0) is 25.0 Å². The molecule has 2 aromatic carbocycles. The van der Waals surface area contributed by atoms with Crippen molar-refractivity contribution in [3.05, 3.63) is 63.7 Å². The molecule has 170 valence electrons. The van der Waals surface area contributed by atoms with Gasteiger partial charge < -0.3 is 9.84 Å². The number of hydrogen-bond donors (Lipinski definition) is 1. The average molecular weight is 450 g/mol. The van der Waals surface area contributed by atoms with Crippen LogP contribution in [0.25, 0.3) is 0 Å². The first kappa shape index (κ1) is 23.7. The van der Waals surface area contributed by atoms with Crippen LogP contribution >= 0.6 is 0 Å². The molecule has 0 saturated carbocycles. The number of hydrogen-bond acceptors (Lipinski definition) is 8. The van der Waals surface area contributed by atoms with Crippen LogP contribution in [0.15, 0.2) is 30.3 Å². The number of phenols is 1. The molecule has 0 spiro atoms. The topological polar surface area (TPSA) is 132 Å². The molecule has 8 heteroatoms. The minimum atomic E-state index is -0.754. The number of methoxy groups -OCH3 is 1. The molecule has 33 heavy (non-hydrogen) atoms. The maximum atomic E-state index is 13.1. The van der Waals surface area contributed by atoms with E-state index in [1.807, 2.05) is 0 Å². The number of phenolic OH excluding ortho intramolecular Hbond substituents is 1. The Morgan fingerprint density at radius 2 is 1.55 bits per heavy atom. The van der Waals surface area contributed by atoms with Crippen LogP contribution in [0, 0.1) is 0 Å². The summed E-state index contributed by atoms with van der Waals surface area (Å²) >= 11 is 0. The summed E-state index contributed by atoms with van der Waals surface area (Å²) in [4.78, 5) is 73.3. The van der Waals surface area contributed by atoms with Crippen LogP contribution in [-0.4, -0.2) is 47.1 Å². The number of fused-ring (bicyclic) bond motifs is 2. The lowest BCUT2D eigenvalue weighted by molar-refractivity contribution is -0.143. The van der Waals surface area contributed by atoms with Crippen molar-refractivity contribution in [1.82, 2.24) is 0 Å². The molecule has 0 aliphatic heterocycles. The number of carbonyl (C=O) groups excluding carboxylic acids is 6. The van der Waals surface area contributed by atoms with Gasteiger partial charge in [-0.1, -0.05) is 24.3 Å². The van der Waals surface area contributed by atoms with Crippen molar-refractivity contribution in [1.29, 1.82) is 0 Å². The maximum Gasteiger partial charge on any atom is 0.313 e. The summed E-state index contributed by atoms with van der Waals surface area (Å²) in [5, 5.41) is 11.0. The third kappa shape index (κ3) is 4.95. The summed E-state index contributed by atoms with van der Waals surface area (Å²) in [5.74, 6) is -3.48. The van der Waals surface area contributed by atoms with Crippen LogP contribution in [0.1, 0.15) is 69.2 Å². The minimum Gasteiger partial charge on any atom is -0.507 e. The summed E-state index contributed by atoms with van der Waals surface area (Å²) in [7, 11) is 1.14. The van der Waals surface area contributed by atoms with E-state index in [0.717, 1.165) is 7.11 Å². The van der Waals surface area contributed by atoms with Gasteiger partial charge in [-0.3, -0.25) is 28.8 Å². The zero-order valence-electron chi connectivity index (χ0n) is 18.2. The van der Waals surface area contributed by atoms with E-state index in [1.54, 1.807) is 12.1 Å². The van der Waals surface area contributed by atoms with Crippen molar-refractivity contribution >= 4 is 34.9 Å². The Morgan fingerprint density at radius 1 is 0.909 bits per heavy atom. The molecule has 0 amide bonds. The number of rotatable bonds is 9. The summed E-state index contributed by atoms with van der Waals surface area (Å²) < 4.78 is 4.50. The fraction of sp³-hybridized carbons (Fsp3) is 0.280. The van der Waals surface area contributed by atoms with Crippen molar-refractivity contribution in [3.63, 3.8) is 0 Å². The Kier molecular flexibility index (Phi) is 6.96. The second kappa shape index (κ2) is 9.68. The van der Waals surface area contributed by atoms with Crippen molar-refractivity contribution in [2.75, 3.05) is 7.11 Å². The lowest BCUT2D eigenvalue weighted by Gasteiger charge is -2.22. The van der Waals surface area contributed by atoms with Gasteiger partial charge in [0.25, 0.3) is 0 Å². The van der Waals surface area contributed by atoms with Crippen molar-refractivity contribution in [2.24, 2.45) is 0 Å². The summed E-state index contributed by atoms with van der Waals surface area (Å²) in [6.07, 6.45) is -1.21. The van der Waals surface area contributed by atoms with Crippen molar-refractivity contribution in [3.8, 4) is 5.75 Å². The fourth-order valence-electron chi connectivity index (χ4n) is 3.89. The molecular formula is C25H22O8. The highest BCUT2D eigenvalue weighted by Gasteiger charge is 2.34.